The Balaban J connectivity index is 1.22. The van der Waals surface area contributed by atoms with Gasteiger partial charge in [-0.2, -0.15) is 5.10 Å². The summed E-state index contributed by atoms with van der Waals surface area (Å²) >= 11 is 0. The van der Waals surface area contributed by atoms with Gasteiger partial charge >= 0.3 is 0 Å². The van der Waals surface area contributed by atoms with Crippen molar-refractivity contribution in [2.24, 2.45) is 0 Å². The summed E-state index contributed by atoms with van der Waals surface area (Å²) in [6.07, 6.45) is 3.57. The Kier molecular flexibility index (Phi) is 7.99. The highest BCUT2D eigenvalue weighted by atomic mass is 28.3. The van der Waals surface area contributed by atoms with Crippen LogP contribution < -0.4 is 9.64 Å². The van der Waals surface area contributed by atoms with E-state index in [-0.39, 0.29) is 14.7 Å². The fraction of sp³-hybridized carbons (Fsp3) is 0.357. The van der Waals surface area contributed by atoms with E-state index in [0.29, 0.717) is 18.4 Å². The molecule has 197 valence electrons. The van der Waals surface area contributed by atoms with Crippen molar-refractivity contribution >= 4 is 31.4 Å². The molecule has 1 aliphatic rings. The van der Waals surface area contributed by atoms with Crippen LogP contribution in [-0.2, 0) is 16.3 Å². The van der Waals surface area contributed by atoms with Gasteiger partial charge in [-0.3, -0.25) is 4.79 Å². The summed E-state index contributed by atoms with van der Waals surface area (Å²) in [5.74, 6) is 2.28. The normalized spacial score (nSPS) is 13.9. The molecule has 1 aromatic carbocycles. The molecule has 4 heterocycles. The van der Waals surface area contributed by atoms with Crippen LogP contribution in [0.2, 0.25) is 19.1 Å². The molecule has 3 aromatic heterocycles. The number of pyridine rings is 2. The predicted molar refractivity (Wildman–Crippen MR) is 150 cm³/mol. The van der Waals surface area contributed by atoms with Crippen molar-refractivity contribution in [3.8, 4) is 22.9 Å². The van der Waals surface area contributed by atoms with E-state index >= 15 is 0 Å². The highest BCUT2D eigenvalue weighted by molar-refractivity contribution is 6.55. The molecule has 9 nitrogen and oxygen atoms in total. The van der Waals surface area contributed by atoms with Crippen molar-refractivity contribution in [3.05, 3.63) is 60.9 Å². The molecular weight excluding hydrogens is 496 g/mol. The first-order valence-electron chi connectivity index (χ1n) is 12.9. The summed E-state index contributed by atoms with van der Waals surface area (Å²) in [4.78, 5) is 25.0. The fourth-order valence-corrected chi connectivity index (χ4v) is 4.96. The number of ether oxygens (including phenoxy) is 2. The van der Waals surface area contributed by atoms with Gasteiger partial charge in [0.2, 0.25) is 11.8 Å². The van der Waals surface area contributed by atoms with Crippen LogP contribution in [0.5, 0.6) is 11.6 Å². The first-order chi connectivity index (χ1) is 18.5. The number of anilines is 1. The van der Waals surface area contributed by atoms with E-state index in [2.05, 4.69) is 34.1 Å². The highest BCUT2D eigenvalue weighted by Gasteiger charge is 2.19. The number of amides is 1. The molecule has 0 aliphatic carbocycles. The number of rotatable bonds is 9. The van der Waals surface area contributed by atoms with E-state index in [9.17, 15) is 4.79 Å². The Bertz CT molecular complexity index is 1380. The molecule has 4 aromatic rings. The van der Waals surface area contributed by atoms with Gasteiger partial charge in [-0.05, 0) is 48.5 Å². The Morgan fingerprint density at radius 3 is 2.61 bits per heavy atom. The number of carbonyl (C=O) groups excluding carboxylic acids is 1. The lowest BCUT2D eigenvalue weighted by Gasteiger charge is -2.35. The molecule has 0 spiro atoms. The molecule has 0 unspecified atom stereocenters. The highest BCUT2D eigenvalue weighted by Crippen LogP contribution is 2.27. The number of aromatic nitrogens is 4. The summed E-state index contributed by atoms with van der Waals surface area (Å²) in [7, 11) is -0.285. The van der Waals surface area contributed by atoms with Gasteiger partial charge in [0.15, 0.2) is 0 Å². The Labute approximate surface area is 224 Å². The number of benzene rings is 1. The average molecular weight is 530 g/mol. The molecule has 0 atom stereocenters. The molecule has 1 aliphatic heterocycles. The maximum atomic E-state index is 11.6. The average Bonchev–Trinajstić information content (AvgIpc) is 3.40. The topological polar surface area (TPSA) is 85.6 Å². The van der Waals surface area contributed by atoms with Gasteiger partial charge in [-0.1, -0.05) is 13.1 Å². The van der Waals surface area contributed by atoms with E-state index in [1.165, 1.54) is 0 Å². The van der Waals surface area contributed by atoms with E-state index in [0.717, 1.165) is 66.8 Å². The van der Waals surface area contributed by atoms with Crippen molar-refractivity contribution in [1.29, 1.82) is 0 Å². The zero-order chi connectivity index (χ0) is 26.5. The molecule has 10 heteroatoms. The van der Waals surface area contributed by atoms with Crippen molar-refractivity contribution in [2.45, 2.75) is 32.8 Å². The Morgan fingerprint density at radius 2 is 1.87 bits per heavy atom. The van der Waals surface area contributed by atoms with Gasteiger partial charge in [0.1, 0.15) is 18.3 Å². The minimum Gasteiger partial charge on any atom is -0.439 e. The number of piperazine rings is 1. The SMILES string of the molecule is CC(=O)N1CCN(c2ccc3cc(Oc4ccc(-c5ccnn5COCC[Si](C)C)cn4)ccc3n2)CC1. The zero-order valence-electron chi connectivity index (χ0n) is 22.1. The van der Waals surface area contributed by atoms with Crippen molar-refractivity contribution in [1.82, 2.24) is 24.6 Å². The second-order valence-corrected chi connectivity index (χ2v) is 12.6. The van der Waals surface area contributed by atoms with Gasteiger partial charge < -0.3 is 19.3 Å². The molecule has 1 fully saturated rings. The van der Waals surface area contributed by atoms with E-state index in [4.69, 9.17) is 14.5 Å². The van der Waals surface area contributed by atoms with Crippen LogP contribution in [-0.4, -0.2) is 72.1 Å². The summed E-state index contributed by atoms with van der Waals surface area (Å²) in [6, 6.07) is 16.9. The van der Waals surface area contributed by atoms with Crippen molar-refractivity contribution < 1.29 is 14.3 Å². The second-order valence-electron chi connectivity index (χ2n) is 9.71. The number of carbonyl (C=O) groups is 1. The van der Waals surface area contributed by atoms with Crippen LogP contribution in [0, 0.1) is 0 Å². The largest absolute Gasteiger partial charge is 0.439 e. The number of hydrogen-bond acceptors (Lipinski definition) is 7. The molecule has 0 N–H and O–H groups in total. The van der Waals surface area contributed by atoms with Crippen LogP contribution in [0.15, 0.2) is 60.9 Å². The van der Waals surface area contributed by atoms with Crippen molar-refractivity contribution in [2.75, 3.05) is 37.7 Å². The van der Waals surface area contributed by atoms with Gasteiger partial charge in [-0.15, -0.1) is 0 Å². The number of nitrogens with zero attached hydrogens (tertiary/aromatic N) is 6. The third-order valence-electron chi connectivity index (χ3n) is 6.63. The maximum Gasteiger partial charge on any atom is 0.219 e. The van der Waals surface area contributed by atoms with Crippen LogP contribution in [0.4, 0.5) is 5.82 Å². The lowest BCUT2D eigenvalue weighted by Crippen LogP contribution is -2.48. The zero-order valence-corrected chi connectivity index (χ0v) is 23.1. The third-order valence-corrected chi connectivity index (χ3v) is 7.83. The van der Waals surface area contributed by atoms with Gasteiger partial charge in [0, 0.05) is 77.9 Å². The Morgan fingerprint density at radius 1 is 1.03 bits per heavy atom. The van der Waals surface area contributed by atoms with Gasteiger partial charge in [-0.25, -0.2) is 14.6 Å². The van der Waals surface area contributed by atoms with Crippen LogP contribution in [0.25, 0.3) is 22.2 Å². The van der Waals surface area contributed by atoms with Crippen LogP contribution in [0.1, 0.15) is 6.92 Å². The van der Waals surface area contributed by atoms with E-state index in [1.54, 1.807) is 19.3 Å². The van der Waals surface area contributed by atoms with Crippen molar-refractivity contribution in [3.63, 3.8) is 0 Å². The van der Waals surface area contributed by atoms with Gasteiger partial charge in [0.25, 0.3) is 0 Å². The monoisotopic (exact) mass is 529 g/mol. The molecule has 0 bridgehead atoms. The lowest BCUT2D eigenvalue weighted by molar-refractivity contribution is -0.129. The first-order valence-corrected chi connectivity index (χ1v) is 15.6. The molecule has 5 rings (SSSR count). The molecule has 1 saturated heterocycles. The number of hydrogen-bond donors (Lipinski definition) is 0. The summed E-state index contributed by atoms with van der Waals surface area (Å²) in [6.45, 7) is 10.4. The molecule has 1 radical (unpaired) electrons. The molecular formula is C28H33N6O3Si. The van der Waals surface area contributed by atoms with Crippen LogP contribution >= 0.6 is 0 Å². The smallest absolute Gasteiger partial charge is 0.219 e. The standard InChI is InChI=1S/C28H33N6O3Si/c1-21(35)32-12-14-33(15-13-32)27-8-4-22-18-24(6-7-25(22)31-27)37-28-9-5-23(19-29-28)26-10-11-30-34(26)20-36-16-17-38(2)3/h4-11,18-19H,12-17,20H2,1-3H3. The quantitative estimate of drug-likeness (QED) is 0.230. The fourth-order valence-electron chi connectivity index (χ4n) is 4.40. The minimum absolute atomic E-state index is 0.127. The van der Waals surface area contributed by atoms with E-state index in [1.807, 2.05) is 52.0 Å². The predicted octanol–water partition coefficient (Wildman–Crippen LogP) is 4.68. The summed E-state index contributed by atoms with van der Waals surface area (Å²) in [5.41, 5.74) is 2.81. The first kappa shape index (κ1) is 25.9. The molecule has 0 saturated carbocycles. The summed E-state index contributed by atoms with van der Waals surface area (Å²) in [5, 5.41) is 5.38. The number of fused-ring (bicyclic) bond motifs is 1. The third kappa shape index (κ3) is 6.20. The lowest BCUT2D eigenvalue weighted by atomic mass is 10.2. The minimum atomic E-state index is -0.285. The summed E-state index contributed by atoms with van der Waals surface area (Å²) < 4.78 is 13.7. The Hall–Kier alpha value is -3.76. The van der Waals surface area contributed by atoms with Gasteiger partial charge in [0.05, 0.1) is 11.2 Å². The maximum absolute atomic E-state index is 11.6. The van der Waals surface area contributed by atoms with E-state index < -0.39 is 0 Å². The molecule has 38 heavy (non-hydrogen) atoms. The molecule has 1 amide bonds. The second kappa shape index (κ2) is 11.7. The van der Waals surface area contributed by atoms with Crippen LogP contribution in [0.3, 0.4) is 0 Å².